The van der Waals surface area contributed by atoms with Crippen molar-refractivity contribution in [1.29, 1.82) is 0 Å². The number of hydrogen-bond acceptors (Lipinski definition) is 2. The summed E-state index contributed by atoms with van der Waals surface area (Å²) in [4.78, 5) is 2.51. The van der Waals surface area contributed by atoms with Gasteiger partial charge in [0.25, 0.3) is 0 Å². The lowest BCUT2D eigenvalue weighted by Crippen LogP contribution is -2.34. The molecular weight excluding hydrogens is 196 g/mol. The van der Waals surface area contributed by atoms with Crippen LogP contribution < -0.4 is 10.2 Å². The average Bonchev–Trinajstić information content (AvgIpc) is 2.30. The fourth-order valence-corrected chi connectivity index (χ4v) is 2.45. The highest BCUT2D eigenvalue weighted by molar-refractivity contribution is 5.48. The molecule has 2 heteroatoms. The van der Waals surface area contributed by atoms with Crippen molar-refractivity contribution in [2.75, 3.05) is 25.0 Å². The minimum absolute atomic E-state index is 0.839. The maximum atomic E-state index is 3.18. The first-order valence-corrected chi connectivity index (χ1v) is 6.28. The predicted octanol–water partition coefficient (Wildman–Crippen LogP) is 2.64. The SMILES string of the molecule is CNCc1ccc(N2CCC[C@H](C)C2)cc1. The first-order chi connectivity index (χ1) is 7.79. The molecule has 1 heterocycles. The molecule has 88 valence electrons. The van der Waals surface area contributed by atoms with Gasteiger partial charge < -0.3 is 10.2 Å². The van der Waals surface area contributed by atoms with Crippen LogP contribution in [0.1, 0.15) is 25.3 Å². The Balaban J connectivity index is 2.03. The maximum absolute atomic E-state index is 3.18. The third-order valence-electron chi connectivity index (χ3n) is 3.34. The van der Waals surface area contributed by atoms with E-state index < -0.39 is 0 Å². The molecule has 0 bridgehead atoms. The Morgan fingerprint density at radius 3 is 2.69 bits per heavy atom. The topological polar surface area (TPSA) is 15.3 Å². The molecule has 1 atom stereocenters. The van der Waals surface area contributed by atoms with Gasteiger partial charge >= 0.3 is 0 Å². The van der Waals surface area contributed by atoms with E-state index in [1.165, 1.54) is 37.2 Å². The summed E-state index contributed by atoms with van der Waals surface area (Å²) in [7, 11) is 1.99. The lowest BCUT2D eigenvalue weighted by atomic mass is 9.99. The first kappa shape index (κ1) is 11.5. The van der Waals surface area contributed by atoms with E-state index in [0.717, 1.165) is 12.5 Å². The van der Waals surface area contributed by atoms with Gasteiger partial charge in [0.1, 0.15) is 0 Å². The van der Waals surface area contributed by atoms with E-state index in [1.807, 2.05) is 7.05 Å². The fourth-order valence-electron chi connectivity index (χ4n) is 2.45. The first-order valence-electron chi connectivity index (χ1n) is 6.28. The number of piperidine rings is 1. The van der Waals surface area contributed by atoms with E-state index in [4.69, 9.17) is 0 Å². The lowest BCUT2D eigenvalue weighted by Gasteiger charge is -2.32. The van der Waals surface area contributed by atoms with E-state index in [9.17, 15) is 0 Å². The second-order valence-electron chi connectivity index (χ2n) is 4.89. The third-order valence-corrected chi connectivity index (χ3v) is 3.34. The molecule has 1 N–H and O–H groups in total. The maximum Gasteiger partial charge on any atom is 0.0366 e. The summed E-state index contributed by atoms with van der Waals surface area (Å²) in [5.41, 5.74) is 2.74. The standard InChI is InChI=1S/C14H22N2/c1-12-4-3-9-16(11-12)14-7-5-13(6-8-14)10-15-2/h5-8,12,15H,3-4,9-11H2,1-2H3/t12-/m0/s1. The van der Waals surface area contributed by atoms with Gasteiger partial charge in [-0.1, -0.05) is 19.1 Å². The lowest BCUT2D eigenvalue weighted by molar-refractivity contribution is 0.447. The molecule has 0 unspecified atom stereocenters. The van der Waals surface area contributed by atoms with Gasteiger partial charge in [-0.3, -0.25) is 0 Å². The Bertz CT molecular complexity index is 318. The summed E-state index contributed by atoms with van der Waals surface area (Å²) in [5, 5.41) is 3.18. The molecule has 1 fully saturated rings. The Labute approximate surface area is 98.7 Å². The summed E-state index contributed by atoms with van der Waals surface area (Å²) in [5.74, 6) is 0.839. The predicted molar refractivity (Wildman–Crippen MR) is 69.8 cm³/mol. The highest BCUT2D eigenvalue weighted by Crippen LogP contribution is 2.23. The van der Waals surface area contributed by atoms with Crippen LogP contribution in [-0.4, -0.2) is 20.1 Å². The second-order valence-corrected chi connectivity index (χ2v) is 4.89. The second kappa shape index (κ2) is 5.35. The Morgan fingerprint density at radius 1 is 1.31 bits per heavy atom. The molecule has 0 amide bonds. The van der Waals surface area contributed by atoms with E-state index in [0.29, 0.717) is 0 Å². The normalized spacial score (nSPS) is 21.1. The van der Waals surface area contributed by atoms with Crippen molar-refractivity contribution in [3.8, 4) is 0 Å². The van der Waals surface area contributed by atoms with Gasteiger partial charge in [-0.05, 0) is 43.5 Å². The molecule has 1 aliphatic heterocycles. The van der Waals surface area contributed by atoms with Crippen LogP contribution in [0.15, 0.2) is 24.3 Å². The van der Waals surface area contributed by atoms with E-state index in [2.05, 4.69) is 41.4 Å². The van der Waals surface area contributed by atoms with Crippen molar-refractivity contribution >= 4 is 5.69 Å². The molecule has 0 aromatic heterocycles. The van der Waals surface area contributed by atoms with Gasteiger partial charge in [-0.25, -0.2) is 0 Å². The van der Waals surface area contributed by atoms with Gasteiger partial charge in [0.2, 0.25) is 0 Å². The Morgan fingerprint density at radius 2 is 2.06 bits per heavy atom. The van der Waals surface area contributed by atoms with Crippen LogP contribution in [0.2, 0.25) is 0 Å². The quantitative estimate of drug-likeness (QED) is 0.839. The van der Waals surface area contributed by atoms with Crippen molar-refractivity contribution < 1.29 is 0 Å². The number of anilines is 1. The van der Waals surface area contributed by atoms with Crippen molar-refractivity contribution in [2.24, 2.45) is 5.92 Å². The number of hydrogen-bond donors (Lipinski definition) is 1. The van der Waals surface area contributed by atoms with Crippen LogP contribution >= 0.6 is 0 Å². The van der Waals surface area contributed by atoms with Gasteiger partial charge in [0, 0.05) is 25.3 Å². The monoisotopic (exact) mass is 218 g/mol. The molecule has 2 nitrogen and oxygen atoms in total. The van der Waals surface area contributed by atoms with Crippen molar-refractivity contribution in [2.45, 2.75) is 26.3 Å². The zero-order valence-corrected chi connectivity index (χ0v) is 10.4. The minimum Gasteiger partial charge on any atom is -0.371 e. The van der Waals surface area contributed by atoms with E-state index >= 15 is 0 Å². The highest BCUT2D eigenvalue weighted by Gasteiger charge is 2.16. The summed E-state index contributed by atoms with van der Waals surface area (Å²) in [6, 6.07) is 8.96. The summed E-state index contributed by atoms with van der Waals surface area (Å²) in [6.45, 7) is 5.74. The Hall–Kier alpha value is -1.02. The van der Waals surface area contributed by atoms with Crippen molar-refractivity contribution in [3.63, 3.8) is 0 Å². The van der Waals surface area contributed by atoms with Crippen LogP contribution in [0.4, 0.5) is 5.69 Å². The third kappa shape index (κ3) is 2.76. The van der Waals surface area contributed by atoms with Crippen LogP contribution in [0, 0.1) is 5.92 Å². The van der Waals surface area contributed by atoms with Gasteiger partial charge in [0.05, 0.1) is 0 Å². The fraction of sp³-hybridized carbons (Fsp3) is 0.571. The number of nitrogens with zero attached hydrogens (tertiary/aromatic N) is 1. The van der Waals surface area contributed by atoms with Gasteiger partial charge in [-0.2, -0.15) is 0 Å². The van der Waals surface area contributed by atoms with Crippen molar-refractivity contribution in [1.82, 2.24) is 5.32 Å². The largest absolute Gasteiger partial charge is 0.371 e. The van der Waals surface area contributed by atoms with Crippen LogP contribution in [0.3, 0.4) is 0 Å². The summed E-state index contributed by atoms with van der Waals surface area (Å²) >= 11 is 0. The number of benzene rings is 1. The van der Waals surface area contributed by atoms with Crippen LogP contribution in [0.25, 0.3) is 0 Å². The number of rotatable bonds is 3. The Kier molecular flexibility index (Phi) is 3.83. The van der Waals surface area contributed by atoms with Crippen LogP contribution in [-0.2, 0) is 6.54 Å². The molecule has 0 saturated carbocycles. The molecule has 16 heavy (non-hydrogen) atoms. The molecule has 1 saturated heterocycles. The minimum atomic E-state index is 0.839. The van der Waals surface area contributed by atoms with E-state index in [1.54, 1.807) is 0 Å². The highest BCUT2D eigenvalue weighted by atomic mass is 15.1. The van der Waals surface area contributed by atoms with Crippen LogP contribution in [0.5, 0.6) is 0 Å². The smallest absolute Gasteiger partial charge is 0.0366 e. The molecule has 1 aromatic carbocycles. The molecule has 0 radical (unpaired) electrons. The molecule has 1 aromatic rings. The molecule has 2 rings (SSSR count). The summed E-state index contributed by atoms with van der Waals surface area (Å²) in [6.07, 6.45) is 2.72. The zero-order chi connectivity index (χ0) is 11.4. The number of nitrogens with one attached hydrogen (secondary N) is 1. The van der Waals surface area contributed by atoms with Gasteiger partial charge in [-0.15, -0.1) is 0 Å². The molecular formula is C14H22N2. The summed E-state index contributed by atoms with van der Waals surface area (Å²) < 4.78 is 0. The van der Waals surface area contributed by atoms with Gasteiger partial charge in [0.15, 0.2) is 0 Å². The average molecular weight is 218 g/mol. The molecule has 0 spiro atoms. The van der Waals surface area contributed by atoms with E-state index in [-0.39, 0.29) is 0 Å². The zero-order valence-electron chi connectivity index (χ0n) is 10.4. The van der Waals surface area contributed by atoms with Crippen molar-refractivity contribution in [3.05, 3.63) is 29.8 Å². The molecule has 0 aliphatic carbocycles. The molecule has 1 aliphatic rings.